The van der Waals surface area contributed by atoms with E-state index in [0.29, 0.717) is 4.99 Å². The Kier molecular flexibility index (Phi) is 3.60. The second-order valence-corrected chi connectivity index (χ2v) is 6.83. The van der Waals surface area contributed by atoms with Crippen molar-refractivity contribution in [1.82, 2.24) is 0 Å². The molecule has 2 heterocycles. The lowest BCUT2D eigenvalue weighted by atomic mass is 10.1. The lowest BCUT2D eigenvalue weighted by Gasteiger charge is -2.31. The standard InChI is InChI=1S/C14H13BrN2S2/c15-10-2-1-3-11(13(10)14(16)18)17-6-4-12-9(8-17)5-7-19-12/h1-3,5,7H,4,6,8H2,(H2,16,18). The molecule has 0 fully saturated rings. The van der Waals surface area contributed by atoms with E-state index in [1.165, 1.54) is 10.4 Å². The van der Waals surface area contributed by atoms with Crippen LogP contribution in [-0.4, -0.2) is 11.5 Å². The Labute approximate surface area is 130 Å². The minimum atomic E-state index is 0.443. The van der Waals surface area contributed by atoms with Gasteiger partial charge < -0.3 is 10.6 Å². The van der Waals surface area contributed by atoms with E-state index in [0.717, 1.165) is 35.2 Å². The Morgan fingerprint density at radius 3 is 3.00 bits per heavy atom. The van der Waals surface area contributed by atoms with Gasteiger partial charge in [0.05, 0.1) is 0 Å². The van der Waals surface area contributed by atoms with E-state index in [2.05, 4.69) is 38.3 Å². The van der Waals surface area contributed by atoms with Gasteiger partial charge in [-0.3, -0.25) is 0 Å². The lowest BCUT2D eigenvalue weighted by molar-refractivity contribution is 0.743. The number of hydrogen-bond acceptors (Lipinski definition) is 3. The maximum Gasteiger partial charge on any atom is 0.107 e. The summed E-state index contributed by atoms with van der Waals surface area (Å²) in [5.74, 6) is 0. The molecule has 1 aliphatic rings. The second kappa shape index (κ2) is 5.23. The van der Waals surface area contributed by atoms with E-state index >= 15 is 0 Å². The van der Waals surface area contributed by atoms with E-state index in [1.807, 2.05) is 23.5 Å². The number of rotatable bonds is 2. The van der Waals surface area contributed by atoms with Crippen molar-refractivity contribution < 1.29 is 0 Å². The Bertz CT molecular complexity index is 636. The third-order valence-electron chi connectivity index (χ3n) is 3.39. The molecule has 0 atom stereocenters. The molecular formula is C14H13BrN2S2. The Morgan fingerprint density at radius 1 is 1.37 bits per heavy atom. The maximum absolute atomic E-state index is 5.87. The molecule has 0 amide bonds. The molecular weight excluding hydrogens is 340 g/mol. The van der Waals surface area contributed by atoms with Crippen molar-refractivity contribution in [2.75, 3.05) is 11.4 Å². The fourth-order valence-corrected chi connectivity index (χ4v) is 4.28. The molecule has 0 bridgehead atoms. The van der Waals surface area contributed by atoms with Crippen LogP contribution in [0.25, 0.3) is 0 Å². The first-order valence-electron chi connectivity index (χ1n) is 6.05. The van der Waals surface area contributed by atoms with Crippen molar-refractivity contribution >= 4 is 50.2 Å². The first-order valence-corrected chi connectivity index (χ1v) is 8.13. The van der Waals surface area contributed by atoms with Gasteiger partial charge in [0.2, 0.25) is 0 Å². The molecule has 19 heavy (non-hydrogen) atoms. The van der Waals surface area contributed by atoms with E-state index < -0.39 is 0 Å². The molecule has 2 nitrogen and oxygen atoms in total. The SMILES string of the molecule is NC(=S)c1c(Br)cccc1N1CCc2sccc2C1. The summed E-state index contributed by atoms with van der Waals surface area (Å²) in [4.78, 5) is 4.30. The van der Waals surface area contributed by atoms with Gasteiger partial charge in [0.15, 0.2) is 0 Å². The molecule has 2 aromatic rings. The highest BCUT2D eigenvalue weighted by Gasteiger charge is 2.21. The summed E-state index contributed by atoms with van der Waals surface area (Å²) in [6, 6.07) is 8.32. The molecule has 0 spiro atoms. The summed E-state index contributed by atoms with van der Waals surface area (Å²) in [7, 11) is 0. The summed E-state index contributed by atoms with van der Waals surface area (Å²) in [6.45, 7) is 1.95. The number of hydrogen-bond donors (Lipinski definition) is 1. The second-order valence-electron chi connectivity index (χ2n) is 4.54. The van der Waals surface area contributed by atoms with Gasteiger partial charge in [-0.2, -0.15) is 0 Å². The molecule has 2 N–H and O–H groups in total. The van der Waals surface area contributed by atoms with Crippen LogP contribution in [0, 0.1) is 0 Å². The highest BCUT2D eigenvalue weighted by atomic mass is 79.9. The van der Waals surface area contributed by atoms with E-state index in [1.54, 1.807) is 0 Å². The zero-order valence-electron chi connectivity index (χ0n) is 10.2. The maximum atomic E-state index is 5.87. The minimum absolute atomic E-state index is 0.443. The van der Waals surface area contributed by atoms with Crippen molar-refractivity contribution in [3.8, 4) is 0 Å². The number of thiocarbonyl (C=S) groups is 1. The van der Waals surface area contributed by atoms with E-state index in [4.69, 9.17) is 18.0 Å². The first-order chi connectivity index (χ1) is 9.16. The van der Waals surface area contributed by atoms with Crippen LogP contribution in [-0.2, 0) is 13.0 Å². The number of nitrogens with two attached hydrogens (primary N) is 1. The highest BCUT2D eigenvalue weighted by Crippen LogP contribution is 2.32. The zero-order chi connectivity index (χ0) is 13.4. The van der Waals surface area contributed by atoms with Gasteiger partial charge in [-0.25, -0.2) is 0 Å². The van der Waals surface area contributed by atoms with Crippen LogP contribution in [0.2, 0.25) is 0 Å². The van der Waals surface area contributed by atoms with Crippen molar-refractivity contribution in [3.05, 3.63) is 50.1 Å². The predicted octanol–water partition coefficient (Wildman–Crippen LogP) is 3.71. The van der Waals surface area contributed by atoms with Crippen LogP contribution in [0.4, 0.5) is 5.69 Å². The topological polar surface area (TPSA) is 29.3 Å². The van der Waals surface area contributed by atoms with Crippen LogP contribution in [0.3, 0.4) is 0 Å². The molecule has 0 saturated carbocycles. The minimum Gasteiger partial charge on any atom is -0.389 e. The van der Waals surface area contributed by atoms with E-state index in [-0.39, 0.29) is 0 Å². The van der Waals surface area contributed by atoms with Crippen LogP contribution in [0.15, 0.2) is 34.1 Å². The molecule has 1 aliphatic heterocycles. The molecule has 0 aliphatic carbocycles. The zero-order valence-corrected chi connectivity index (χ0v) is 13.4. The van der Waals surface area contributed by atoms with Gasteiger partial charge in [0, 0.05) is 33.7 Å². The normalized spacial score (nSPS) is 14.3. The van der Waals surface area contributed by atoms with Gasteiger partial charge in [-0.15, -0.1) is 11.3 Å². The van der Waals surface area contributed by atoms with Gasteiger partial charge in [-0.05, 0) is 51.5 Å². The van der Waals surface area contributed by atoms with Gasteiger partial charge in [0.25, 0.3) is 0 Å². The Hall–Kier alpha value is -0.910. The Balaban J connectivity index is 2.00. The van der Waals surface area contributed by atoms with E-state index in [9.17, 15) is 0 Å². The number of halogens is 1. The molecule has 0 unspecified atom stereocenters. The molecule has 1 aromatic carbocycles. The number of nitrogens with zero attached hydrogens (tertiary/aromatic N) is 1. The van der Waals surface area contributed by atoms with Crippen LogP contribution in [0.5, 0.6) is 0 Å². The predicted molar refractivity (Wildman–Crippen MR) is 89.1 cm³/mol. The molecule has 3 rings (SSSR count). The quantitative estimate of drug-likeness (QED) is 0.835. The number of anilines is 1. The average molecular weight is 353 g/mol. The van der Waals surface area contributed by atoms with Crippen LogP contribution >= 0.6 is 39.5 Å². The summed E-state index contributed by atoms with van der Waals surface area (Å²) in [6.07, 6.45) is 1.09. The van der Waals surface area contributed by atoms with Crippen LogP contribution < -0.4 is 10.6 Å². The van der Waals surface area contributed by atoms with Gasteiger partial charge in [0.1, 0.15) is 4.99 Å². The third-order valence-corrected chi connectivity index (χ3v) is 5.27. The largest absolute Gasteiger partial charge is 0.389 e. The van der Waals surface area contributed by atoms with Crippen molar-refractivity contribution in [2.24, 2.45) is 5.73 Å². The molecule has 5 heteroatoms. The first kappa shape index (κ1) is 13.1. The number of benzene rings is 1. The fourth-order valence-electron chi connectivity index (χ4n) is 2.47. The average Bonchev–Trinajstić information content (AvgIpc) is 2.85. The molecule has 0 saturated heterocycles. The molecule has 98 valence electrons. The number of thiophene rings is 1. The summed E-state index contributed by atoms with van der Waals surface area (Å²) in [5.41, 5.74) is 9.36. The lowest BCUT2D eigenvalue weighted by Crippen LogP contribution is -2.31. The Morgan fingerprint density at radius 2 is 2.21 bits per heavy atom. The smallest absolute Gasteiger partial charge is 0.107 e. The molecule has 1 aromatic heterocycles. The van der Waals surface area contributed by atoms with Crippen LogP contribution in [0.1, 0.15) is 16.0 Å². The highest BCUT2D eigenvalue weighted by molar-refractivity contribution is 9.10. The summed E-state index contributed by atoms with van der Waals surface area (Å²) >= 11 is 10.6. The summed E-state index contributed by atoms with van der Waals surface area (Å²) < 4.78 is 0.966. The molecule has 0 radical (unpaired) electrons. The number of fused-ring (bicyclic) bond motifs is 1. The van der Waals surface area contributed by atoms with Gasteiger partial charge >= 0.3 is 0 Å². The third kappa shape index (κ3) is 2.42. The fraction of sp³-hybridized carbons (Fsp3) is 0.214. The van der Waals surface area contributed by atoms with Gasteiger partial charge in [-0.1, -0.05) is 18.3 Å². The summed E-state index contributed by atoms with van der Waals surface area (Å²) in [5, 5.41) is 2.17. The van der Waals surface area contributed by atoms with Crippen molar-refractivity contribution in [3.63, 3.8) is 0 Å². The monoisotopic (exact) mass is 352 g/mol. The van der Waals surface area contributed by atoms with Crippen molar-refractivity contribution in [1.29, 1.82) is 0 Å². The van der Waals surface area contributed by atoms with Crippen molar-refractivity contribution in [2.45, 2.75) is 13.0 Å².